The number of aromatic nitrogens is 2. The normalized spacial score (nSPS) is 13.5. The molecule has 4 heteroatoms. The van der Waals surface area contributed by atoms with Crippen LogP contribution in [0, 0.1) is 12.8 Å². The smallest absolute Gasteiger partial charge is 0.0814 e. The maximum Gasteiger partial charge on any atom is 0.0814 e. The number of hydrogen-bond donors (Lipinski definition) is 1. The second-order valence-corrected chi connectivity index (χ2v) is 4.86. The van der Waals surface area contributed by atoms with Gasteiger partial charge in [0.2, 0.25) is 0 Å². The predicted molar refractivity (Wildman–Crippen MR) is 64.3 cm³/mol. The zero-order valence-corrected chi connectivity index (χ0v) is 10.7. The standard InChI is InChI=1S/C11H20ClN3/c1-8(2)13-5-9(3)6-15-7-11(12)10(4)14-15/h7-9,13H,5-6H2,1-4H3. The van der Waals surface area contributed by atoms with Crippen molar-refractivity contribution in [3.63, 3.8) is 0 Å². The van der Waals surface area contributed by atoms with Gasteiger partial charge in [-0.2, -0.15) is 5.10 Å². The van der Waals surface area contributed by atoms with Crippen molar-refractivity contribution in [2.24, 2.45) is 5.92 Å². The van der Waals surface area contributed by atoms with Crippen LogP contribution >= 0.6 is 11.6 Å². The lowest BCUT2D eigenvalue weighted by Gasteiger charge is -2.14. The van der Waals surface area contributed by atoms with Crippen LogP contribution in [-0.2, 0) is 6.54 Å². The molecule has 1 N–H and O–H groups in total. The van der Waals surface area contributed by atoms with Gasteiger partial charge in [-0.05, 0) is 19.4 Å². The van der Waals surface area contributed by atoms with Crippen LogP contribution in [-0.4, -0.2) is 22.4 Å². The summed E-state index contributed by atoms with van der Waals surface area (Å²) in [5.74, 6) is 0.558. The van der Waals surface area contributed by atoms with E-state index in [4.69, 9.17) is 11.6 Å². The Balaban J connectivity index is 2.40. The number of halogens is 1. The predicted octanol–water partition coefficient (Wildman–Crippen LogP) is 2.48. The van der Waals surface area contributed by atoms with E-state index in [1.165, 1.54) is 0 Å². The van der Waals surface area contributed by atoms with Crippen LogP contribution in [0.15, 0.2) is 6.20 Å². The van der Waals surface area contributed by atoms with Crippen molar-refractivity contribution in [3.05, 3.63) is 16.9 Å². The number of aryl methyl sites for hydroxylation is 1. The average molecular weight is 230 g/mol. The Bertz CT molecular complexity index is 287. The average Bonchev–Trinajstić information content (AvgIpc) is 2.42. The maximum atomic E-state index is 5.94. The fraction of sp³-hybridized carbons (Fsp3) is 0.727. The summed E-state index contributed by atoms with van der Waals surface area (Å²) in [6.45, 7) is 10.4. The van der Waals surface area contributed by atoms with Crippen LogP contribution in [0.2, 0.25) is 5.02 Å². The monoisotopic (exact) mass is 229 g/mol. The topological polar surface area (TPSA) is 29.9 Å². The third-order valence-corrected chi connectivity index (χ3v) is 2.63. The molecule has 0 amide bonds. The van der Waals surface area contributed by atoms with Gasteiger partial charge < -0.3 is 5.32 Å². The summed E-state index contributed by atoms with van der Waals surface area (Å²) in [5, 5.41) is 8.50. The molecule has 0 saturated carbocycles. The molecular weight excluding hydrogens is 210 g/mol. The summed E-state index contributed by atoms with van der Waals surface area (Å²) in [5.41, 5.74) is 0.903. The van der Waals surface area contributed by atoms with Gasteiger partial charge in [0.1, 0.15) is 0 Å². The molecule has 1 atom stereocenters. The van der Waals surface area contributed by atoms with E-state index >= 15 is 0 Å². The van der Waals surface area contributed by atoms with Gasteiger partial charge >= 0.3 is 0 Å². The molecule has 3 nitrogen and oxygen atoms in total. The summed E-state index contributed by atoms with van der Waals surface area (Å²) >= 11 is 5.94. The van der Waals surface area contributed by atoms with Crippen LogP contribution in [0.1, 0.15) is 26.5 Å². The first-order chi connectivity index (χ1) is 6.99. The molecule has 0 fully saturated rings. The van der Waals surface area contributed by atoms with Crippen molar-refractivity contribution in [1.82, 2.24) is 15.1 Å². The van der Waals surface area contributed by atoms with E-state index in [-0.39, 0.29) is 0 Å². The minimum atomic E-state index is 0.537. The molecule has 1 aromatic heterocycles. The molecule has 0 aromatic carbocycles. The van der Waals surface area contributed by atoms with Crippen molar-refractivity contribution in [3.8, 4) is 0 Å². The minimum Gasteiger partial charge on any atom is -0.314 e. The van der Waals surface area contributed by atoms with E-state index in [1.807, 2.05) is 17.8 Å². The first-order valence-electron chi connectivity index (χ1n) is 5.42. The summed E-state index contributed by atoms with van der Waals surface area (Å²) < 4.78 is 1.92. The van der Waals surface area contributed by atoms with E-state index in [1.54, 1.807) is 0 Å². The van der Waals surface area contributed by atoms with E-state index < -0.39 is 0 Å². The van der Waals surface area contributed by atoms with Crippen molar-refractivity contribution in [2.45, 2.75) is 40.3 Å². The largest absolute Gasteiger partial charge is 0.314 e. The second kappa shape index (κ2) is 5.52. The Labute approximate surface area is 96.8 Å². The highest BCUT2D eigenvalue weighted by Gasteiger charge is 2.07. The first kappa shape index (κ1) is 12.5. The van der Waals surface area contributed by atoms with Crippen LogP contribution in [0.5, 0.6) is 0 Å². The van der Waals surface area contributed by atoms with E-state index in [0.29, 0.717) is 12.0 Å². The van der Waals surface area contributed by atoms with Crippen LogP contribution in [0.4, 0.5) is 0 Å². The number of nitrogens with one attached hydrogen (secondary N) is 1. The zero-order valence-electron chi connectivity index (χ0n) is 9.92. The molecule has 0 aliphatic heterocycles. The van der Waals surface area contributed by atoms with Crippen molar-refractivity contribution >= 4 is 11.6 Å². The third kappa shape index (κ3) is 4.22. The summed E-state index contributed by atoms with van der Waals surface area (Å²) in [6.07, 6.45) is 1.89. The Morgan fingerprint density at radius 3 is 2.60 bits per heavy atom. The van der Waals surface area contributed by atoms with Gasteiger partial charge in [-0.25, -0.2) is 0 Å². The molecule has 15 heavy (non-hydrogen) atoms. The highest BCUT2D eigenvalue weighted by molar-refractivity contribution is 6.31. The van der Waals surface area contributed by atoms with Gasteiger partial charge in [-0.3, -0.25) is 4.68 Å². The number of hydrogen-bond acceptors (Lipinski definition) is 2. The lowest BCUT2D eigenvalue weighted by Crippen LogP contribution is -2.29. The molecular formula is C11H20ClN3. The second-order valence-electron chi connectivity index (χ2n) is 4.45. The van der Waals surface area contributed by atoms with E-state index in [9.17, 15) is 0 Å². The molecule has 0 spiro atoms. The Morgan fingerprint density at radius 1 is 1.47 bits per heavy atom. The van der Waals surface area contributed by atoms with E-state index in [0.717, 1.165) is 23.8 Å². The first-order valence-corrected chi connectivity index (χ1v) is 5.79. The van der Waals surface area contributed by atoms with Crippen molar-refractivity contribution in [2.75, 3.05) is 6.54 Å². The summed E-state index contributed by atoms with van der Waals surface area (Å²) in [7, 11) is 0. The third-order valence-electron chi connectivity index (χ3n) is 2.26. The van der Waals surface area contributed by atoms with Crippen LogP contribution in [0.25, 0.3) is 0 Å². The maximum absolute atomic E-state index is 5.94. The Kier molecular flexibility index (Phi) is 4.61. The molecule has 1 rings (SSSR count). The van der Waals surface area contributed by atoms with Crippen LogP contribution < -0.4 is 5.32 Å². The lowest BCUT2D eigenvalue weighted by molar-refractivity contribution is 0.406. The van der Waals surface area contributed by atoms with Crippen molar-refractivity contribution < 1.29 is 0 Å². The summed E-state index contributed by atoms with van der Waals surface area (Å²) in [4.78, 5) is 0. The molecule has 86 valence electrons. The zero-order chi connectivity index (χ0) is 11.4. The molecule has 1 heterocycles. The molecule has 1 unspecified atom stereocenters. The molecule has 0 radical (unpaired) electrons. The van der Waals surface area contributed by atoms with Gasteiger partial charge in [0.25, 0.3) is 0 Å². The van der Waals surface area contributed by atoms with Gasteiger partial charge in [0.15, 0.2) is 0 Å². The fourth-order valence-electron chi connectivity index (χ4n) is 1.41. The molecule has 0 bridgehead atoms. The highest BCUT2D eigenvalue weighted by Crippen LogP contribution is 2.13. The molecule has 0 aliphatic carbocycles. The van der Waals surface area contributed by atoms with Gasteiger partial charge in [0.05, 0.1) is 10.7 Å². The quantitative estimate of drug-likeness (QED) is 0.841. The van der Waals surface area contributed by atoms with E-state index in [2.05, 4.69) is 31.2 Å². The molecule has 1 aromatic rings. The summed E-state index contributed by atoms with van der Waals surface area (Å²) in [6, 6.07) is 0.537. The molecule has 0 saturated heterocycles. The number of nitrogens with zero attached hydrogens (tertiary/aromatic N) is 2. The fourth-order valence-corrected chi connectivity index (χ4v) is 1.56. The van der Waals surface area contributed by atoms with Gasteiger partial charge in [-0.1, -0.05) is 32.4 Å². The van der Waals surface area contributed by atoms with Gasteiger partial charge in [0, 0.05) is 18.8 Å². The SMILES string of the molecule is Cc1nn(CC(C)CNC(C)C)cc1Cl. The van der Waals surface area contributed by atoms with Crippen molar-refractivity contribution in [1.29, 1.82) is 0 Å². The number of rotatable bonds is 5. The Morgan fingerprint density at radius 2 is 2.13 bits per heavy atom. The molecule has 0 aliphatic rings. The Hall–Kier alpha value is -0.540. The highest BCUT2D eigenvalue weighted by atomic mass is 35.5. The van der Waals surface area contributed by atoms with Crippen LogP contribution in [0.3, 0.4) is 0 Å². The lowest BCUT2D eigenvalue weighted by atomic mass is 10.2. The van der Waals surface area contributed by atoms with Gasteiger partial charge in [-0.15, -0.1) is 0 Å². The minimum absolute atomic E-state index is 0.537.